The van der Waals surface area contributed by atoms with Gasteiger partial charge >= 0.3 is 6.09 Å². The van der Waals surface area contributed by atoms with Crippen LogP contribution < -0.4 is 15.4 Å². The molecule has 1 aromatic carbocycles. The van der Waals surface area contributed by atoms with Crippen LogP contribution in [0.3, 0.4) is 0 Å². The summed E-state index contributed by atoms with van der Waals surface area (Å²) >= 11 is 0. The Balaban J connectivity index is 1.92. The first-order chi connectivity index (χ1) is 7.65. The minimum Gasteiger partial charge on any atom is -0.410 e. The molecule has 1 aromatic rings. The molecule has 1 fully saturated rings. The van der Waals surface area contributed by atoms with E-state index < -0.39 is 0 Å². The lowest BCUT2D eigenvalue weighted by Crippen LogP contribution is -2.57. The Kier molecular flexibility index (Phi) is 3.10. The molecule has 86 valence electrons. The molecule has 1 aliphatic rings. The summed E-state index contributed by atoms with van der Waals surface area (Å²) < 4.78 is 5.18. The number of aryl methyl sites for hydroxylation is 2. The summed E-state index contributed by atoms with van der Waals surface area (Å²) in [7, 11) is 0. The van der Waals surface area contributed by atoms with Gasteiger partial charge in [-0.25, -0.2) is 4.79 Å². The number of nitrogens with one attached hydrogen (secondary N) is 2. The predicted molar refractivity (Wildman–Crippen MR) is 61.7 cm³/mol. The molecule has 2 rings (SSSR count). The van der Waals surface area contributed by atoms with Crippen LogP contribution >= 0.6 is 0 Å². The number of ether oxygens (including phenoxy) is 1. The second-order valence-electron chi connectivity index (χ2n) is 4.14. The molecule has 0 bridgehead atoms. The van der Waals surface area contributed by atoms with Crippen molar-refractivity contribution in [2.45, 2.75) is 19.9 Å². The van der Waals surface area contributed by atoms with Gasteiger partial charge in [0.1, 0.15) is 5.75 Å². The van der Waals surface area contributed by atoms with Gasteiger partial charge in [0.2, 0.25) is 0 Å². The van der Waals surface area contributed by atoms with E-state index in [0.29, 0.717) is 5.75 Å². The highest BCUT2D eigenvalue weighted by atomic mass is 16.6. The van der Waals surface area contributed by atoms with Crippen molar-refractivity contribution in [3.05, 3.63) is 29.3 Å². The number of rotatable bonds is 2. The summed E-state index contributed by atoms with van der Waals surface area (Å²) in [6, 6.07) is 5.83. The Bertz CT molecular complexity index is 400. The Morgan fingerprint density at radius 2 is 2.12 bits per heavy atom. The molecule has 1 saturated heterocycles. The fraction of sp³-hybridized carbons (Fsp3) is 0.417. The summed E-state index contributed by atoms with van der Waals surface area (Å²) in [6.45, 7) is 5.67. The van der Waals surface area contributed by atoms with Crippen LogP contribution in [0.4, 0.5) is 4.79 Å². The first-order valence-electron chi connectivity index (χ1n) is 5.41. The molecular formula is C12H16N2O2. The normalized spacial score (nSPS) is 15.4. The van der Waals surface area contributed by atoms with Gasteiger partial charge in [0, 0.05) is 13.1 Å². The second-order valence-corrected chi connectivity index (χ2v) is 4.14. The molecule has 0 aliphatic carbocycles. The average molecular weight is 220 g/mol. The van der Waals surface area contributed by atoms with Crippen LogP contribution in [0.2, 0.25) is 0 Å². The SMILES string of the molecule is Cc1ccc(OC(=O)NC2CNC2)cc1C. The fourth-order valence-corrected chi connectivity index (χ4v) is 1.47. The van der Waals surface area contributed by atoms with Crippen molar-refractivity contribution in [3.8, 4) is 5.75 Å². The minimum atomic E-state index is -0.380. The van der Waals surface area contributed by atoms with Gasteiger partial charge in [-0.3, -0.25) is 0 Å². The van der Waals surface area contributed by atoms with Crippen LogP contribution in [0, 0.1) is 13.8 Å². The maximum absolute atomic E-state index is 11.5. The molecule has 0 radical (unpaired) electrons. The quantitative estimate of drug-likeness (QED) is 0.791. The van der Waals surface area contributed by atoms with Gasteiger partial charge in [0.25, 0.3) is 0 Å². The van der Waals surface area contributed by atoms with Crippen LogP contribution in [0.5, 0.6) is 5.75 Å². The monoisotopic (exact) mass is 220 g/mol. The highest BCUT2D eigenvalue weighted by Crippen LogP contribution is 2.16. The first-order valence-corrected chi connectivity index (χ1v) is 5.41. The Hall–Kier alpha value is -1.55. The molecule has 0 saturated carbocycles. The lowest BCUT2D eigenvalue weighted by molar-refractivity contribution is 0.190. The van der Waals surface area contributed by atoms with Crippen molar-refractivity contribution in [1.82, 2.24) is 10.6 Å². The lowest BCUT2D eigenvalue weighted by atomic mass is 10.1. The molecule has 4 heteroatoms. The van der Waals surface area contributed by atoms with E-state index in [9.17, 15) is 4.79 Å². The summed E-state index contributed by atoms with van der Waals surface area (Å²) in [5.74, 6) is 0.591. The molecule has 16 heavy (non-hydrogen) atoms. The van der Waals surface area contributed by atoms with E-state index in [1.807, 2.05) is 26.0 Å². The van der Waals surface area contributed by atoms with E-state index >= 15 is 0 Å². The Morgan fingerprint density at radius 1 is 1.38 bits per heavy atom. The molecule has 1 aliphatic heterocycles. The number of amides is 1. The second kappa shape index (κ2) is 4.53. The molecular weight excluding hydrogens is 204 g/mol. The van der Waals surface area contributed by atoms with Gasteiger partial charge in [0.15, 0.2) is 0 Å². The zero-order valence-corrected chi connectivity index (χ0v) is 9.54. The standard InChI is InChI=1S/C12H16N2O2/c1-8-3-4-11(5-9(8)2)16-12(15)14-10-6-13-7-10/h3-5,10,13H,6-7H2,1-2H3,(H,14,15). The van der Waals surface area contributed by atoms with E-state index in [-0.39, 0.29) is 12.1 Å². The number of carbonyl (C=O) groups excluding carboxylic acids is 1. The molecule has 1 amide bonds. The zero-order valence-electron chi connectivity index (χ0n) is 9.54. The van der Waals surface area contributed by atoms with Crippen molar-refractivity contribution in [2.75, 3.05) is 13.1 Å². The highest BCUT2D eigenvalue weighted by Gasteiger charge is 2.19. The average Bonchev–Trinajstić information content (AvgIpc) is 2.18. The van der Waals surface area contributed by atoms with Crippen LogP contribution in [-0.4, -0.2) is 25.2 Å². The van der Waals surface area contributed by atoms with E-state index in [1.54, 1.807) is 6.07 Å². The maximum Gasteiger partial charge on any atom is 0.412 e. The van der Waals surface area contributed by atoms with Crippen LogP contribution in [0.25, 0.3) is 0 Å². The molecule has 0 spiro atoms. The third kappa shape index (κ3) is 2.52. The third-order valence-corrected chi connectivity index (χ3v) is 2.79. The zero-order chi connectivity index (χ0) is 11.5. The number of hydrogen-bond acceptors (Lipinski definition) is 3. The lowest BCUT2D eigenvalue weighted by Gasteiger charge is -2.27. The smallest absolute Gasteiger partial charge is 0.410 e. The first kappa shape index (κ1) is 11.0. The summed E-state index contributed by atoms with van der Waals surface area (Å²) in [5.41, 5.74) is 2.31. The molecule has 0 aromatic heterocycles. The molecule has 0 atom stereocenters. The van der Waals surface area contributed by atoms with Gasteiger partial charge in [0.05, 0.1) is 6.04 Å². The topological polar surface area (TPSA) is 50.4 Å². The van der Waals surface area contributed by atoms with Crippen molar-refractivity contribution < 1.29 is 9.53 Å². The van der Waals surface area contributed by atoms with Crippen molar-refractivity contribution >= 4 is 6.09 Å². The summed E-state index contributed by atoms with van der Waals surface area (Å²) in [4.78, 5) is 11.5. The van der Waals surface area contributed by atoms with Gasteiger partial charge < -0.3 is 15.4 Å². The van der Waals surface area contributed by atoms with Crippen LogP contribution in [0.15, 0.2) is 18.2 Å². The van der Waals surface area contributed by atoms with Crippen molar-refractivity contribution in [1.29, 1.82) is 0 Å². The van der Waals surface area contributed by atoms with E-state index in [1.165, 1.54) is 5.56 Å². The third-order valence-electron chi connectivity index (χ3n) is 2.79. The van der Waals surface area contributed by atoms with E-state index in [0.717, 1.165) is 18.7 Å². The summed E-state index contributed by atoms with van der Waals surface area (Å²) in [6.07, 6.45) is -0.380. The number of hydrogen-bond donors (Lipinski definition) is 2. The summed E-state index contributed by atoms with van der Waals surface area (Å²) in [5, 5.41) is 5.85. The largest absolute Gasteiger partial charge is 0.412 e. The molecule has 2 N–H and O–H groups in total. The minimum absolute atomic E-state index is 0.207. The fourth-order valence-electron chi connectivity index (χ4n) is 1.47. The van der Waals surface area contributed by atoms with Crippen LogP contribution in [0.1, 0.15) is 11.1 Å². The molecule has 0 unspecified atom stereocenters. The van der Waals surface area contributed by atoms with Gasteiger partial charge in [-0.15, -0.1) is 0 Å². The molecule has 1 heterocycles. The Morgan fingerprint density at radius 3 is 2.69 bits per heavy atom. The van der Waals surface area contributed by atoms with Crippen molar-refractivity contribution in [2.24, 2.45) is 0 Å². The van der Waals surface area contributed by atoms with Gasteiger partial charge in [-0.2, -0.15) is 0 Å². The molecule has 4 nitrogen and oxygen atoms in total. The van der Waals surface area contributed by atoms with E-state index in [2.05, 4.69) is 10.6 Å². The number of benzene rings is 1. The van der Waals surface area contributed by atoms with Crippen LogP contribution in [-0.2, 0) is 0 Å². The van der Waals surface area contributed by atoms with Gasteiger partial charge in [-0.05, 0) is 37.1 Å². The predicted octanol–water partition coefficient (Wildman–Crippen LogP) is 1.36. The van der Waals surface area contributed by atoms with Crippen molar-refractivity contribution in [3.63, 3.8) is 0 Å². The Labute approximate surface area is 95.0 Å². The number of carbonyl (C=O) groups is 1. The maximum atomic E-state index is 11.5. The van der Waals surface area contributed by atoms with Gasteiger partial charge in [-0.1, -0.05) is 6.07 Å². The van der Waals surface area contributed by atoms with E-state index in [4.69, 9.17) is 4.74 Å². The highest BCUT2D eigenvalue weighted by molar-refractivity contribution is 5.71.